The molecule has 0 aliphatic carbocycles. The molecule has 0 saturated carbocycles. The molecule has 3 aromatic rings. The van der Waals surface area contributed by atoms with Gasteiger partial charge in [0.1, 0.15) is 0 Å². The fourth-order valence-corrected chi connectivity index (χ4v) is 1.64. The van der Waals surface area contributed by atoms with Crippen molar-refractivity contribution >= 4 is 10.9 Å². The van der Waals surface area contributed by atoms with Gasteiger partial charge in [-0.15, -0.1) is 5.10 Å². The van der Waals surface area contributed by atoms with Gasteiger partial charge in [0.2, 0.25) is 0 Å². The lowest BCUT2D eigenvalue weighted by Gasteiger charge is -1.99. The van der Waals surface area contributed by atoms with Crippen molar-refractivity contribution in [3.63, 3.8) is 0 Å². The van der Waals surface area contributed by atoms with Crippen molar-refractivity contribution in [1.82, 2.24) is 20.2 Å². The number of aromatic nitrogens is 4. The predicted molar refractivity (Wildman–Crippen MR) is 57.1 cm³/mol. The fourth-order valence-electron chi connectivity index (χ4n) is 1.64. The van der Waals surface area contributed by atoms with Gasteiger partial charge in [0.05, 0.1) is 11.7 Å². The molecule has 72 valence electrons. The number of nitrogens with zero attached hydrogens (tertiary/aromatic N) is 3. The molecule has 0 spiro atoms. The highest BCUT2D eigenvalue weighted by Crippen LogP contribution is 2.23. The van der Waals surface area contributed by atoms with Crippen molar-refractivity contribution in [2.45, 2.75) is 0 Å². The maximum Gasteiger partial charge on any atom is 0.183 e. The maximum atomic E-state index is 4.19. The summed E-state index contributed by atoms with van der Waals surface area (Å²) in [6.07, 6.45) is 5.12. The molecule has 4 heteroatoms. The smallest absolute Gasteiger partial charge is 0.183 e. The van der Waals surface area contributed by atoms with Crippen molar-refractivity contribution in [3.8, 4) is 11.4 Å². The third-order valence-electron chi connectivity index (χ3n) is 2.31. The molecule has 15 heavy (non-hydrogen) atoms. The molecule has 0 radical (unpaired) electrons. The average molecular weight is 196 g/mol. The summed E-state index contributed by atoms with van der Waals surface area (Å²) in [4.78, 5) is 7.36. The van der Waals surface area contributed by atoms with E-state index in [2.05, 4.69) is 20.2 Å². The van der Waals surface area contributed by atoms with Gasteiger partial charge in [-0.2, -0.15) is 5.10 Å². The van der Waals surface area contributed by atoms with E-state index in [0.717, 1.165) is 16.5 Å². The summed E-state index contributed by atoms with van der Waals surface area (Å²) in [5, 5.41) is 8.98. The molecule has 1 aromatic carbocycles. The first-order valence-electron chi connectivity index (χ1n) is 4.65. The summed E-state index contributed by atoms with van der Waals surface area (Å²) >= 11 is 0. The third kappa shape index (κ3) is 1.27. The summed E-state index contributed by atoms with van der Waals surface area (Å²) in [5.41, 5.74) is 2.02. The monoisotopic (exact) mass is 196 g/mol. The normalized spacial score (nSPS) is 10.7. The number of H-pyrrole nitrogens is 1. The standard InChI is InChI=1S/C11H8N4/c1-2-8-4-5-12-10(8)9(3-1)11-13-6-7-14-15-11/h1-7,12H. The summed E-state index contributed by atoms with van der Waals surface area (Å²) < 4.78 is 0. The van der Waals surface area contributed by atoms with E-state index in [4.69, 9.17) is 0 Å². The lowest BCUT2D eigenvalue weighted by Crippen LogP contribution is -1.90. The lowest BCUT2D eigenvalue weighted by molar-refractivity contribution is 0.981. The number of hydrogen-bond donors (Lipinski definition) is 1. The molecule has 0 amide bonds. The number of nitrogens with one attached hydrogen (secondary N) is 1. The number of rotatable bonds is 1. The average Bonchev–Trinajstić information content (AvgIpc) is 2.78. The quantitative estimate of drug-likeness (QED) is 0.647. The van der Waals surface area contributed by atoms with Gasteiger partial charge in [-0.05, 0) is 12.1 Å². The van der Waals surface area contributed by atoms with Gasteiger partial charge in [-0.3, -0.25) is 0 Å². The largest absolute Gasteiger partial charge is 0.361 e. The summed E-state index contributed by atoms with van der Waals surface area (Å²) in [5.74, 6) is 0.644. The minimum absolute atomic E-state index is 0.644. The molecule has 1 N–H and O–H groups in total. The minimum Gasteiger partial charge on any atom is -0.361 e. The zero-order valence-corrected chi connectivity index (χ0v) is 7.88. The van der Waals surface area contributed by atoms with E-state index in [0.29, 0.717) is 5.82 Å². The highest BCUT2D eigenvalue weighted by Gasteiger charge is 2.06. The zero-order chi connectivity index (χ0) is 10.1. The van der Waals surface area contributed by atoms with E-state index in [1.54, 1.807) is 12.4 Å². The van der Waals surface area contributed by atoms with Crippen LogP contribution in [0.25, 0.3) is 22.3 Å². The Hall–Kier alpha value is -2.23. The van der Waals surface area contributed by atoms with Crippen LogP contribution in [0.5, 0.6) is 0 Å². The number of benzene rings is 1. The van der Waals surface area contributed by atoms with E-state index in [1.165, 1.54) is 0 Å². The molecule has 0 unspecified atom stereocenters. The van der Waals surface area contributed by atoms with Crippen LogP contribution in [0.4, 0.5) is 0 Å². The van der Waals surface area contributed by atoms with Crippen LogP contribution in [0.3, 0.4) is 0 Å². The molecule has 2 aromatic heterocycles. The number of aromatic amines is 1. The molecule has 0 atom stereocenters. The molecule has 3 rings (SSSR count). The van der Waals surface area contributed by atoms with Gasteiger partial charge in [-0.1, -0.05) is 12.1 Å². The van der Waals surface area contributed by atoms with Gasteiger partial charge in [0.25, 0.3) is 0 Å². The molecule has 0 saturated heterocycles. The maximum absolute atomic E-state index is 4.19. The first-order valence-corrected chi connectivity index (χ1v) is 4.65. The Morgan fingerprint density at radius 1 is 1.07 bits per heavy atom. The van der Waals surface area contributed by atoms with Gasteiger partial charge in [0, 0.05) is 23.3 Å². The van der Waals surface area contributed by atoms with Crippen LogP contribution >= 0.6 is 0 Å². The van der Waals surface area contributed by atoms with Crippen LogP contribution in [-0.4, -0.2) is 20.2 Å². The first kappa shape index (κ1) is 8.11. The van der Waals surface area contributed by atoms with Crippen LogP contribution in [-0.2, 0) is 0 Å². The Balaban J connectivity index is 2.31. The molecule has 0 aliphatic heterocycles. The Morgan fingerprint density at radius 2 is 2.07 bits per heavy atom. The van der Waals surface area contributed by atoms with E-state index >= 15 is 0 Å². The van der Waals surface area contributed by atoms with Gasteiger partial charge in [-0.25, -0.2) is 4.98 Å². The van der Waals surface area contributed by atoms with Crippen LogP contribution < -0.4 is 0 Å². The van der Waals surface area contributed by atoms with Crippen LogP contribution in [0.2, 0.25) is 0 Å². The van der Waals surface area contributed by atoms with Crippen molar-refractivity contribution in [2.75, 3.05) is 0 Å². The third-order valence-corrected chi connectivity index (χ3v) is 2.31. The molecular weight excluding hydrogens is 188 g/mol. The van der Waals surface area contributed by atoms with E-state index in [1.807, 2.05) is 30.5 Å². The topological polar surface area (TPSA) is 54.5 Å². The molecule has 0 bridgehead atoms. The van der Waals surface area contributed by atoms with Gasteiger partial charge >= 0.3 is 0 Å². The number of fused-ring (bicyclic) bond motifs is 1. The Kier molecular flexibility index (Phi) is 1.71. The summed E-state index contributed by atoms with van der Waals surface area (Å²) in [6.45, 7) is 0. The molecule has 0 fully saturated rings. The molecular formula is C11H8N4. The number of para-hydroxylation sites is 1. The van der Waals surface area contributed by atoms with Gasteiger partial charge in [0.15, 0.2) is 5.82 Å². The second kappa shape index (κ2) is 3.16. The van der Waals surface area contributed by atoms with Crippen molar-refractivity contribution in [1.29, 1.82) is 0 Å². The molecule has 0 aliphatic rings. The van der Waals surface area contributed by atoms with Crippen LogP contribution in [0.1, 0.15) is 0 Å². The van der Waals surface area contributed by atoms with E-state index in [9.17, 15) is 0 Å². The van der Waals surface area contributed by atoms with Crippen molar-refractivity contribution in [2.24, 2.45) is 0 Å². The van der Waals surface area contributed by atoms with Crippen molar-refractivity contribution < 1.29 is 0 Å². The van der Waals surface area contributed by atoms with E-state index < -0.39 is 0 Å². The molecule has 2 heterocycles. The Bertz CT molecular complexity index is 586. The SMILES string of the molecule is c1cc(-c2nccnn2)c2[nH]ccc2c1. The van der Waals surface area contributed by atoms with Crippen LogP contribution in [0, 0.1) is 0 Å². The molecule has 4 nitrogen and oxygen atoms in total. The lowest BCUT2D eigenvalue weighted by atomic mass is 10.1. The highest BCUT2D eigenvalue weighted by atomic mass is 15.1. The number of hydrogen-bond acceptors (Lipinski definition) is 3. The first-order chi connectivity index (χ1) is 7.45. The van der Waals surface area contributed by atoms with Crippen molar-refractivity contribution in [3.05, 3.63) is 42.9 Å². The minimum atomic E-state index is 0.644. The Labute approximate surface area is 86.0 Å². The Morgan fingerprint density at radius 3 is 2.93 bits per heavy atom. The second-order valence-corrected chi connectivity index (χ2v) is 3.21. The predicted octanol–water partition coefficient (Wildman–Crippen LogP) is 2.02. The van der Waals surface area contributed by atoms with E-state index in [-0.39, 0.29) is 0 Å². The summed E-state index contributed by atoms with van der Waals surface area (Å²) in [7, 11) is 0. The zero-order valence-electron chi connectivity index (χ0n) is 7.88. The fraction of sp³-hybridized carbons (Fsp3) is 0. The second-order valence-electron chi connectivity index (χ2n) is 3.21. The van der Waals surface area contributed by atoms with Gasteiger partial charge < -0.3 is 4.98 Å². The van der Waals surface area contributed by atoms with Crippen LogP contribution in [0.15, 0.2) is 42.9 Å². The highest BCUT2D eigenvalue weighted by molar-refractivity contribution is 5.92. The summed E-state index contributed by atoms with van der Waals surface area (Å²) in [6, 6.07) is 8.04.